The number of rotatable bonds is 11. The number of nitrogens with zero attached hydrogens (tertiary/aromatic N) is 1. The van der Waals surface area contributed by atoms with Crippen LogP contribution in [0.15, 0.2) is 0 Å². The van der Waals surface area contributed by atoms with Crippen LogP contribution in [0.25, 0.3) is 0 Å². The van der Waals surface area contributed by atoms with Crippen molar-refractivity contribution in [2.24, 2.45) is 5.92 Å². The van der Waals surface area contributed by atoms with Crippen LogP contribution in [-0.4, -0.2) is 62.5 Å². The molecule has 2 N–H and O–H groups in total. The molecule has 0 aliphatic rings. The van der Waals surface area contributed by atoms with Crippen molar-refractivity contribution in [1.82, 2.24) is 15.5 Å². The Bertz CT molecular complexity index is 363. The Morgan fingerprint density at radius 1 is 1.32 bits per heavy atom. The zero-order chi connectivity index (χ0) is 17.1. The molecule has 0 rings (SSSR count). The first-order chi connectivity index (χ1) is 10.4. The normalized spacial score (nSPS) is 14.6. The van der Waals surface area contributed by atoms with Crippen molar-refractivity contribution in [2.45, 2.75) is 45.8 Å². The highest BCUT2D eigenvalue weighted by atomic mass is 16.5. The van der Waals surface area contributed by atoms with E-state index >= 15 is 0 Å². The van der Waals surface area contributed by atoms with Crippen molar-refractivity contribution in [1.29, 1.82) is 0 Å². The first kappa shape index (κ1) is 20.4. The number of methoxy groups -OCH3 is 1. The number of hydrogen-bond acceptors (Lipinski definition) is 4. The zero-order valence-electron chi connectivity index (χ0n) is 14.2. The molecule has 0 fully saturated rings. The summed E-state index contributed by atoms with van der Waals surface area (Å²) in [6.45, 7) is 6.39. The second-order valence-corrected chi connectivity index (χ2v) is 5.31. The van der Waals surface area contributed by atoms with E-state index in [0.717, 1.165) is 6.42 Å². The minimum Gasteiger partial charge on any atom is -0.379 e. The maximum atomic E-state index is 12.1. The Labute approximate surface area is 132 Å². The summed E-state index contributed by atoms with van der Waals surface area (Å²) in [5.74, 6) is -0.158. The second-order valence-electron chi connectivity index (χ2n) is 5.31. The van der Waals surface area contributed by atoms with Gasteiger partial charge in [0.05, 0.1) is 25.1 Å². The minimum absolute atomic E-state index is 0.0650. The van der Waals surface area contributed by atoms with Crippen LogP contribution >= 0.6 is 0 Å². The molecule has 3 unspecified atom stereocenters. The molecule has 0 aromatic heterocycles. The van der Waals surface area contributed by atoms with Crippen molar-refractivity contribution in [3.63, 3.8) is 0 Å². The topological polar surface area (TPSA) is 87.7 Å². The van der Waals surface area contributed by atoms with Crippen molar-refractivity contribution >= 4 is 18.2 Å². The van der Waals surface area contributed by atoms with Gasteiger partial charge in [0.2, 0.25) is 18.2 Å². The molecule has 0 aromatic carbocycles. The third kappa shape index (κ3) is 6.43. The summed E-state index contributed by atoms with van der Waals surface area (Å²) < 4.78 is 5.48. The summed E-state index contributed by atoms with van der Waals surface area (Å²) in [4.78, 5) is 35.9. The summed E-state index contributed by atoms with van der Waals surface area (Å²) in [6.07, 6.45) is 1.13. The van der Waals surface area contributed by atoms with Crippen molar-refractivity contribution in [3.05, 3.63) is 0 Å². The van der Waals surface area contributed by atoms with Gasteiger partial charge in [-0.1, -0.05) is 20.3 Å². The first-order valence-electron chi connectivity index (χ1n) is 7.64. The minimum atomic E-state index is -0.397. The van der Waals surface area contributed by atoms with Crippen LogP contribution in [0.1, 0.15) is 33.6 Å². The summed E-state index contributed by atoms with van der Waals surface area (Å²) in [7, 11) is 3.22. The quantitative estimate of drug-likeness (QED) is 0.531. The van der Waals surface area contributed by atoms with E-state index in [1.165, 1.54) is 0 Å². The SMILES string of the molecule is CCNC(=O)CC(OC)C(C(C)CC)N(C)C(=O)CNC=O. The summed E-state index contributed by atoms with van der Waals surface area (Å²) >= 11 is 0. The molecule has 3 amide bonds. The van der Waals surface area contributed by atoms with Gasteiger partial charge in [-0.3, -0.25) is 14.4 Å². The lowest BCUT2D eigenvalue weighted by Crippen LogP contribution is -2.52. The molecule has 0 aromatic rings. The van der Waals surface area contributed by atoms with Crippen molar-refractivity contribution in [3.8, 4) is 0 Å². The monoisotopic (exact) mass is 315 g/mol. The first-order valence-corrected chi connectivity index (χ1v) is 7.64. The highest BCUT2D eigenvalue weighted by Crippen LogP contribution is 2.21. The van der Waals surface area contributed by atoms with Crippen LogP contribution in [0.3, 0.4) is 0 Å². The number of ether oxygens (including phenoxy) is 1. The molecule has 7 heteroatoms. The molecule has 0 radical (unpaired) electrons. The molecule has 128 valence electrons. The Morgan fingerprint density at radius 2 is 1.95 bits per heavy atom. The molecule has 0 saturated heterocycles. The fraction of sp³-hybridized carbons (Fsp3) is 0.800. The molecule has 0 spiro atoms. The van der Waals surface area contributed by atoms with Crippen molar-refractivity contribution < 1.29 is 19.1 Å². The van der Waals surface area contributed by atoms with Gasteiger partial charge in [0, 0.05) is 20.7 Å². The van der Waals surface area contributed by atoms with Gasteiger partial charge < -0.3 is 20.3 Å². The average Bonchev–Trinajstić information content (AvgIpc) is 2.51. The van der Waals surface area contributed by atoms with Gasteiger partial charge in [-0.15, -0.1) is 0 Å². The number of nitrogens with one attached hydrogen (secondary N) is 2. The van der Waals surface area contributed by atoms with Crippen LogP contribution in [0, 0.1) is 5.92 Å². The fourth-order valence-corrected chi connectivity index (χ4v) is 2.45. The fourth-order valence-electron chi connectivity index (χ4n) is 2.45. The van der Waals surface area contributed by atoms with E-state index in [1.807, 2.05) is 20.8 Å². The molecule has 7 nitrogen and oxygen atoms in total. The smallest absolute Gasteiger partial charge is 0.242 e. The van der Waals surface area contributed by atoms with Gasteiger partial charge in [0.15, 0.2) is 0 Å². The molecular weight excluding hydrogens is 286 g/mol. The van der Waals surface area contributed by atoms with Gasteiger partial charge in [0.1, 0.15) is 0 Å². The third-order valence-electron chi connectivity index (χ3n) is 3.85. The number of carbonyl (C=O) groups is 3. The second kappa shape index (κ2) is 11.0. The molecule has 22 heavy (non-hydrogen) atoms. The van der Waals surface area contributed by atoms with E-state index < -0.39 is 6.10 Å². The summed E-state index contributed by atoms with van der Waals surface area (Å²) in [5.41, 5.74) is 0. The zero-order valence-corrected chi connectivity index (χ0v) is 14.2. The lowest BCUT2D eigenvalue weighted by molar-refractivity contribution is -0.138. The predicted octanol–water partition coefficient (Wildman–Crippen LogP) is 0.147. The van der Waals surface area contributed by atoms with Crippen LogP contribution in [0.5, 0.6) is 0 Å². The van der Waals surface area contributed by atoms with Crippen LogP contribution in [-0.2, 0) is 19.1 Å². The Kier molecular flexibility index (Phi) is 10.2. The maximum Gasteiger partial charge on any atom is 0.242 e. The van der Waals surface area contributed by atoms with E-state index in [1.54, 1.807) is 19.1 Å². The highest BCUT2D eigenvalue weighted by molar-refractivity contribution is 5.80. The molecule has 0 aliphatic heterocycles. The van der Waals surface area contributed by atoms with Crippen LogP contribution < -0.4 is 10.6 Å². The van der Waals surface area contributed by atoms with Crippen LogP contribution in [0.2, 0.25) is 0 Å². The largest absolute Gasteiger partial charge is 0.379 e. The van der Waals surface area contributed by atoms with Gasteiger partial charge in [-0.25, -0.2) is 0 Å². The molecule has 0 aliphatic carbocycles. The van der Waals surface area contributed by atoms with E-state index in [2.05, 4.69) is 10.6 Å². The number of carbonyl (C=O) groups excluding carboxylic acids is 3. The van der Waals surface area contributed by atoms with Crippen LogP contribution in [0.4, 0.5) is 0 Å². The standard InChI is InChI=1S/C15H29N3O4/c1-6-11(3)15(18(4)14(21)9-16-10-19)12(22-5)8-13(20)17-7-2/h10-12,15H,6-9H2,1-5H3,(H,16,19)(H,17,20). The third-order valence-corrected chi connectivity index (χ3v) is 3.85. The Morgan fingerprint density at radius 3 is 2.41 bits per heavy atom. The maximum absolute atomic E-state index is 12.1. The van der Waals surface area contributed by atoms with Gasteiger partial charge >= 0.3 is 0 Å². The van der Waals surface area contributed by atoms with Gasteiger partial charge in [0.25, 0.3) is 0 Å². The lowest BCUT2D eigenvalue weighted by atomic mass is 9.91. The molecular formula is C15H29N3O4. The molecule has 3 atom stereocenters. The van der Waals surface area contributed by atoms with Gasteiger partial charge in [-0.05, 0) is 12.8 Å². The summed E-state index contributed by atoms with van der Waals surface area (Å²) in [5, 5.41) is 5.11. The van der Waals surface area contributed by atoms with Gasteiger partial charge in [-0.2, -0.15) is 0 Å². The Hall–Kier alpha value is -1.63. The molecule has 0 bridgehead atoms. The van der Waals surface area contributed by atoms with E-state index in [9.17, 15) is 14.4 Å². The van der Waals surface area contributed by atoms with Crippen molar-refractivity contribution in [2.75, 3.05) is 27.2 Å². The molecule has 0 saturated carbocycles. The van der Waals surface area contributed by atoms with E-state index in [0.29, 0.717) is 13.0 Å². The number of amides is 3. The van der Waals surface area contributed by atoms with E-state index in [-0.39, 0.29) is 36.7 Å². The number of likely N-dealkylation sites (N-methyl/N-ethyl adjacent to an activating group) is 1. The molecule has 0 heterocycles. The number of hydrogen-bond donors (Lipinski definition) is 2. The highest BCUT2D eigenvalue weighted by Gasteiger charge is 2.33. The predicted molar refractivity (Wildman–Crippen MR) is 84.2 cm³/mol. The Balaban J connectivity index is 5.09. The average molecular weight is 315 g/mol. The lowest BCUT2D eigenvalue weighted by Gasteiger charge is -2.37. The van der Waals surface area contributed by atoms with E-state index in [4.69, 9.17) is 4.74 Å². The summed E-state index contributed by atoms with van der Waals surface area (Å²) in [6, 6.07) is -0.237.